The second-order valence-electron chi connectivity index (χ2n) is 8.88. The molecule has 0 bridgehead atoms. The SMILES string of the molecule is Cc1c(-c2ccccc2)oc2c(C(=O)OCC(=O)Nc3cc(C(C)(C)C)no3)cccc2c1=O. The second kappa shape index (κ2) is 8.97. The van der Waals surface area contributed by atoms with E-state index < -0.39 is 18.5 Å². The molecule has 0 aliphatic rings. The van der Waals surface area contributed by atoms with E-state index in [0.29, 0.717) is 22.6 Å². The molecular formula is C26H24N2O6. The molecule has 0 fully saturated rings. The molecule has 0 atom stereocenters. The average molecular weight is 460 g/mol. The molecule has 2 heterocycles. The van der Waals surface area contributed by atoms with E-state index in [1.54, 1.807) is 25.1 Å². The van der Waals surface area contributed by atoms with Gasteiger partial charge in [-0.25, -0.2) is 4.79 Å². The Kier molecular flexibility index (Phi) is 6.06. The van der Waals surface area contributed by atoms with Crippen molar-refractivity contribution in [2.75, 3.05) is 11.9 Å². The van der Waals surface area contributed by atoms with Gasteiger partial charge in [-0.3, -0.25) is 14.9 Å². The number of anilines is 1. The van der Waals surface area contributed by atoms with Gasteiger partial charge in [0, 0.05) is 22.6 Å². The van der Waals surface area contributed by atoms with Crippen molar-refractivity contribution < 1.29 is 23.3 Å². The van der Waals surface area contributed by atoms with Crippen molar-refractivity contribution in [3.63, 3.8) is 0 Å². The molecule has 1 N–H and O–H groups in total. The van der Waals surface area contributed by atoms with Crippen molar-refractivity contribution in [2.24, 2.45) is 0 Å². The molecule has 8 heteroatoms. The minimum atomic E-state index is -0.792. The Morgan fingerprint density at radius 2 is 1.79 bits per heavy atom. The molecular weight excluding hydrogens is 436 g/mol. The number of esters is 1. The lowest BCUT2D eigenvalue weighted by Crippen LogP contribution is -2.21. The Bertz CT molecular complexity index is 1430. The third-order valence-electron chi connectivity index (χ3n) is 5.28. The summed E-state index contributed by atoms with van der Waals surface area (Å²) in [6, 6.07) is 15.4. The van der Waals surface area contributed by atoms with E-state index in [1.807, 2.05) is 51.1 Å². The molecule has 174 valence electrons. The van der Waals surface area contributed by atoms with E-state index in [9.17, 15) is 14.4 Å². The van der Waals surface area contributed by atoms with Crippen LogP contribution < -0.4 is 10.7 Å². The normalized spacial score (nSPS) is 11.4. The predicted molar refractivity (Wildman–Crippen MR) is 127 cm³/mol. The first-order valence-electron chi connectivity index (χ1n) is 10.7. The molecule has 0 aliphatic carbocycles. The summed E-state index contributed by atoms with van der Waals surface area (Å²) in [4.78, 5) is 38.0. The Morgan fingerprint density at radius 1 is 1.06 bits per heavy atom. The molecule has 2 aromatic heterocycles. The highest BCUT2D eigenvalue weighted by Gasteiger charge is 2.22. The highest BCUT2D eigenvalue weighted by molar-refractivity contribution is 6.03. The third kappa shape index (κ3) is 4.61. The number of hydrogen-bond donors (Lipinski definition) is 1. The fourth-order valence-electron chi connectivity index (χ4n) is 3.41. The van der Waals surface area contributed by atoms with Crippen molar-refractivity contribution in [2.45, 2.75) is 33.1 Å². The predicted octanol–water partition coefficient (Wildman–Crippen LogP) is 4.85. The number of hydrogen-bond acceptors (Lipinski definition) is 7. The van der Waals surface area contributed by atoms with Crippen LogP contribution in [0.4, 0.5) is 5.88 Å². The van der Waals surface area contributed by atoms with Crippen LogP contribution in [0.25, 0.3) is 22.3 Å². The highest BCUT2D eigenvalue weighted by atomic mass is 16.5. The van der Waals surface area contributed by atoms with Gasteiger partial charge in [-0.2, -0.15) is 0 Å². The van der Waals surface area contributed by atoms with E-state index in [2.05, 4.69) is 10.5 Å². The van der Waals surface area contributed by atoms with Gasteiger partial charge in [0.05, 0.1) is 11.1 Å². The third-order valence-corrected chi connectivity index (χ3v) is 5.28. The van der Waals surface area contributed by atoms with Gasteiger partial charge < -0.3 is 13.7 Å². The number of nitrogens with zero attached hydrogens (tertiary/aromatic N) is 1. The van der Waals surface area contributed by atoms with Gasteiger partial charge in [0.15, 0.2) is 17.6 Å². The largest absolute Gasteiger partial charge is 0.455 e. The van der Waals surface area contributed by atoms with Crippen LogP contribution in [0.2, 0.25) is 0 Å². The zero-order valence-electron chi connectivity index (χ0n) is 19.3. The molecule has 0 unspecified atom stereocenters. The number of benzene rings is 2. The fourth-order valence-corrected chi connectivity index (χ4v) is 3.41. The van der Waals surface area contributed by atoms with Gasteiger partial charge in [-0.05, 0) is 19.1 Å². The molecule has 0 spiro atoms. The van der Waals surface area contributed by atoms with Gasteiger partial charge in [-0.1, -0.05) is 62.3 Å². The first-order chi connectivity index (χ1) is 16.1. The van der Waals surface area contributed by atoms with Crippen LogP contribution in [-0.2, 0) is 14.9 Å². The number of para-hydroxylation sites is 1. The number of ether oxygens (including phenoxy) is 1. The molecule has 4 aromatic rings. The summed E-state index contributed by atoms with van der Waals surface area (Å²) in [5, 5.41) is 6.69. The monoisotopic (exact) mass is 460 g/mol. The summed E-state index contributed by atoms with van der Waals surface area (Å²) in [5.74, 6) is -0.853. The van der Waals surface area contributed by atoms with Gasteiger partial charge in [0.2, 0.25) is 5.88 Å². The highest BCUT2D eigenvalue weighted by Crippen LogP contribution is 2.28. The maximum atomic E-state index is 12.9. The fraction of sp³-hybridized carbons (Fsp3) is 0.231. The summed E-state index contributed by atoms with van der Waals surface area (Å²) in [7, 11) is 0. The Labute approximate surface area is 195 Å². The quantitative estimate of drug-likeness (QED) is 0.424. The van der Waals surface area contributed by atoms with Crippen molar-refractivity contribution in [1.82, 2.24) is 5.16 Å². The summed E-state index contributed by atoms with van der Waals surface area (Å²) < 4.78 is 16.3. The topological polar surface area (TPSA) is 112 Å². The number of nitrogens with one attached hydrogen (secondary N) is 1. The molecule has 0 saturated heterocycles. The molecule has 2 aromatic carbocycles. The van der Waals surface area contributed by atoms with E-state index >= 15 is 0 Å². The van der Waals surface area contributed by atoms with Gasteiger partial charge in [0.25, 0.3) is 5.91 Å². The van der Waals surface area contributed by atoms with Gasteiger partial charge >= 0.3 is 5.97 Å². The van der Waals surface area contributed by atoms with E-state index in [1.165, 1.54) is 6.07 Å². The lowest BCUT2D eigenvalue weighted by Gasteiger charge is -2.12. The molecule has 8 nitrogen and oxygen atoms in total. The summed E-state index contributed by atoms with van der Waals surface area (Å²) in [5.41, 5.74) is 1.49. The number of carbonyl (C=O) groups is 2. The van der Waals surface area contributed by atoms with Gasteiger partial charge in [0.1, 0.15) is 11.3 Å². The first-order valence-corrected chi connectivity index (χ1v) is 10.7. The standard InChI is InChI=1S/C26H24N2O6/c1-15-22(30)17-11-8-12-18(24(17)33-23(15)16-9-6-5-7-10-16)25(31)32-14-20(29)27-21-13-19(28-34-21)26(2,3)4/h5-13H,14H2,1-4H3,(H,27,29). The maximum Gasteiger partial charge on any atom is 0.342 e. The first kappa shape index (κ1) is 23.0. The van der Waals surface area contributed by atoms with Crippen LogP contribution in [0.1, 0.15) is 42.4 Å². The zero-order valence-corrected chi connectivity index (χ0v) is 19.3. The van der Waals surface area contributed by atoms with Gasteiger partial charge in [-0.15, -0.1) is 0 Å². The van der Waals surface area contributed by atoms with Crippen molar-refractivity contribution in [1.29, 1.82) is 0 Å². The van der Waals surface area contributed by atoms with Crippen molar-refractivity contribution >= 4 is 28.7 Å². The van der Waals surface area contributed by atoms with Crippen LogP contribution in [0, 0.1) is 6.92 Å². The lowest BCUT2D eigenvalue weighted by atomic mass is 9.92. The Hall–Kier alpha value is -4.20. The molecule has 4 rings (SSSR count). The van der Waals surface area contributed by atoms with Crippen molar-refractivity contribution in [3.8, 4) is 11.3 Å². The van der Waals surface area contributed by atoms with E-state index in [-0.39, 0.29) is 33.3 Å². The van der Waals surface area contributed by atoms with Crippen LogP contribution >= 0.6 is 0 Å². The summed E-state index contributed by atoms with van der Waals surface area (Å²) in [6.07, 6.45) is 0. The smallest absolute Gasteiger partial charge is 0.342 e. The average Bonchev–Trinajstić information content (AvgIpc) is 3.29. The second-order valence-corrected chi connectivity index (χ2v) is 8.88. The molecule has 34 heavy (non-hydrogen) atoms. The van der Waals surface area contributed by atoms with Crippen LogP contribution in [-0.4, -0.2) is 23.6 Å². The zero-order chi connectivity index (χ0) is 24.5. The van der Waals surface area contributed by atoms with Crippen molar-refractivity contribution in [3.05, 3.63) is 81.6 Å². The number of carbonyl (C=O) groups excluding carboxylic acids is 2. The van der Waals surface area contributed by atoms with Crippen LogP contribution in [0.5, 0.6) is 0 Å². The maximum absolute atomic E-state index is 12.9. The number of amides is 1. The molecule has 0 saturated carbocycles. The minimum absolute atomic E-state index is 0.0502. The molecule has 1 amide bonds. The number of rotatable bonds is 5. The lowest BCUT2D eigenvalue weighted by molar-refractivity contribution is -0.119. The van der Waals surface area contributed by atoms with E-state index in [4.69, 9.17) is 13.7 Å². The Morgan fingerprint density at radius 3 is 2.47 bits per heavy atom. The molecule has 0 aliphatic heterocycles. The Balaban J connectivity index is 1.56. The number of fused-ring (bicyclic) bond motifs is 1. The minimum Gasteiger partial charge on any atom is -0.455 e. The summed E-state index contributed by atoms with van der Waals surface area (Å²) in [6.45, 7) is 7.02. The summed E-state index contributed by atoms with van der Waals surface area (Å²) >= 11 is 0. The van der Waals surface area contributed by atoms with Crippen LogP contribution in [0.3, 0.4) is 0 Å². The number of aromatic nitrogens is 1. The van der Waals surface area contributed by atoms with Crippen LogP contribution in [0.15, 0.2) is 68.3 Å². The van der Waals surface area contributed by atoms with E-state index in [0.717, 1.165) is 0 Å². The molecule has 0 radical (unpaired) electrons.